The van der Waals surface area contributed by atoms with Crippen molar-refractivity contribution >= 4 is 43.7 Å². The van der Waals surface area contributed by atoms with Crippen LogP contribution in [0.1, 0.15) is 12.6 Å². The maximum absolute atomic E-state index is 12.6. The Balaban J connectivity index is 2.10. The van der Waals surface area contributed by atoms with Gasteiger partial charge in [0.2, 0.25) is 21.3 Å². The highest BCUT2D eigenvalue weighted by molar-refractivity contribution is 7.92. The van der Waals surface area contributed by atoms with Gasteiger partial charge in [0.05, 0.1) is 12.3 Å². The molecule has 0 unspecified atom stereocenters. The fourth-order valence-corrected chi connectivity index (χ4v) is 4.31. The molecule has 9 nitrogen and oxygen atoms in total. The van der Waals surface area contributed by atoms with Crippen LogP contribution in [0.3, 0.4) is 0 Å². The smallest absolute Gasteiger partial charge is 0.247 e. The molecule has 2 aromatic heterocycles. The van der Waals surface area contributed by atoms with Crippen molar-refractivity contribution in [2.24, 2.45) is 10.2 Å². The second-order valence-corrected chi connectivity index (χ2v) is 8.48. The Hall–Kier alpha value is -3.23. The molecule has 0 bridgehead atoms. The first kappa shape index (κ1) is 19.5. The molecule has 2 heterocycles. The summed E-state index contributed by atoms with van der Waals surface area (Å²) >= 11 is 0.981. The number of aromatic nitrogens is 3. The molecule has 0 saturated heterocycles. The van der Waals surface area contributed by atoms with E-state index in [1.54, 1.807) is 31.2 Å². The molecule has 1 N–H and O–H groups in total. The average molecular weight is 414 g/mol. The van der Waals surface area contributed by atoms with E-state index >= 15 is 0 Å². The number of carbonyl (C=O) groups excluding carboxylic acids is 1. The van der Waals surface area contributed by atoms with Crippen LogP contribution in [0.2, 0.25) is 0 Å². The molecule has 0 spiro atoms. The van der Waals surface area contributed by atoms with Gasteiger partial charge in [-0.25, -0.2) is 22.6 Å². The summed E-state index contributed by atoms with van der Waals surface area (Å²) in [6, 6.07) is 8.89. The summed E-state index contributed by atoms with van der Waals surface area (Å²) in [6.07, 6.45) is 0. The van der Waals surface area contributed by atoms with Crippen molar-refractivity contribution in [3.05, 3.63) is 47.4 Å². The van der Waals surface area contributed by atoms with Crippen LogP contribution in [-0.4, -0.2) is 34.3 Å². The lowest BCUT2D eigenvalue weighted by Gasteiger charge is -1.99. The number of imidazole rings is 1. The first-order chi connectivity index (χ1) is 13.3. The fraction of sp³-hybridized carbons (Fsp3) is 0.176. The molecular weight excluding hydrogens is 400 g/mol. The highest BCUT2D eigenvalue weighted by atomic mass is 32.2. The largest absolute Gasteiger partial charge is 0.327 e. The van der Waals surface area contributed by atoms with Crippen LogP contribution < -0.4 is 0 Å². The van der Waals surface area contributed by atoms with E-state index < -0.39 is 21.4 Å². The van der Waals surface area contributed by atoms with Crippen molar-refractivity contribution in [1.29, 1.82) is 0 Å². The van der Waals surface area contributed by atoms with Crippen molar-refractivity contribution in [1.82, 2.24) is 14.3 Å². The van der Waals surface area contributed by atoms with Crippen LogP contribution in [0.15, 0.2) is 45.6 Å². The molecule has 0 amide bonds. The predicted octanol–water partition coefficient (Wildman–Crippen LogP) is 4.17. The summed E-state index contributed by atoms with van der Waals surface area (Å²) in [4.78, 5) is 21.7. The van der Waals surface area contributed by atoms with Crippen LogP contribution in [0, 0.1) is 13.5 Å². The van der Waals surface area contributed by atoms with Gasteiger partial charge in [-0.1, -0.05) is 30.3 Å². The summed E-state index contributed by atoms with van der Waals surface area (Å²) < 4.78 is 29.2. The Morgan fingerprint density at radius 2 is 2.00 bits per heavy atom. The van der Waals surface area contributed by atoms with Crippen LogP contribution in [0.25, 0.3) is 16.2 Å². The van der Waals surface area contributed by atoms with Gasteiger partial charge in [-0.05, 0) is 25.4 Å². The topological polar surface area (TPSA) is 122 Å². The molecule has 0 saturated carbocycles. The van der Waals surface area contributed by atoms with Gasteiger partial charge in [-0.3, -0.25) is 4.79 Å². The van der Waals surface area contributed by atoms with Gasteiger partial charge in [-0.2, -0.15) is 0 Å². The summed E-state index contributed by atoms with van der Waals surface area (Å²) in [5.74, 6) is -1.09. The summed E-state index contributed by atoms with van der Waals surface area (Å²) in [7, 11) is -3.99. The van der Waals surface area contributed by atoms with Gasteiger partial charge < -0.3 is 4.98 Å². The number of Topliss-reactive ketones (excluding diaryl/α,β-unsaturated/α-hetero) is 1. The number of aromatic amines is 1. The van der Waals surface area contributed by atoms with E-state index in [1.807, 2.05) is 6.07 Å². The molecule has 3 aromatic rings. The minimum Gasteiger partial charge on any atom is -0.327 e. The number of nitrogens with one attached hydrogen (secondary N) is 1. The Morgan fingerprint density at radius 3 is 2.64 bits per heavy atom. The Morgan fingerprint density at radius 1 is 1.29 bits per heavy atom. The molecule has 0 atom stereocenters. The Labute approximate surface area is 165 Å². The van der Waals surface area contributed by atoms with Crippen molar-refractivity contribution in [2.45, 2.75) is 18.9 Å². The first-order valence-corrected chi connectivity index (χ1v) is 10.4. The Bertz CT molecular complexity index is 1200. The number of H-pyrrole nitrogens is 1. The molecular formula is C17H14N6O3S2. The van der Waals surface area contributed by atoms with Crippen LogP contribution >= 0.6 is 11.5 Å². The number of carbonyl (C=O) groups is 1. The minimum atomic E-state index is -3.99. The summed E-state index contributed by atoms with van der Waals surface area (Å²) in [5, 5.41) is 7.86. The standard InChI is InChI=1S/C17H14N6O3S2/c1-10(24)9-28(25,26)17-15(19-14(20-17)12-7-5-4-6-8-12)21-22-16-13(18-3)11(2)23-27-16/h4-8H,9H2,1-2H3,(H,19,20). The maximum atomic E-state index is 12.6. The zero-order chi connectivity index (χ0) is 20.3. The summed E-state index contributed by atoms with van der Waals surface area (Å²) in [5.41, 5.74) is 1.42. The third-order valence-electron chi connectivity index (χ3n) is 3.57. The lowest BCUT2D eigenvalue weighted by atomic mass is 10.2. The number of aryl methyl sites for hydroxylation is 1. The monoisotopic (exact) mass is 414 g/mol. The van der Waals surface area contributed by atoms with Crippen LogP contribution in [-0.2, 0) is 14.6 Å². The fourth-order valence-electron chi connectivity index (χ4n) is 2.35. The molecule has 28 heavy (non-hydrogen) atoms. The van der Waals surface area contributed by atoms with Gasteiger partial charge in [0, 0.05) is 5.56 Å². The number of hydrogen-bond donors (Lipinski definition) is 1. The number of hydrogen-bond acceptors (Lipinski definition) is 8. The third-order valence-corrected chi connectivity index (χ3v) is 6.07. The highest BCUT2D eigenvalue weighted by Gasteiger charge is 2.26. The van der Waals surface area contributed by atoms with Gasteiger partial charge in [0.25, 0.3) is 0 Å². The normalized spacial score (nSPS) is 11.6. The van der Waals surface area contributed by atoms with Gasteiger partial charge in [0.1, 0.15) is 17.4 Å². The predicted molar refractivity (Wildman–Crippen MR) is 104 cm³/mol. The molecule has 3 rings (SSSR count). The van der Waals surface area contributed by atoms with E-state index in [0.29, 0.717) is 11.3 Å². The average Bonchev–Trinajstić information content (AvgIpc) is 3.23. The van der Waals surface area contributed by atoms with E-state index in [0.717, 1.165) is 11.5 Å². The molecule has 0 aliphatic heterocycles. The first-order valence-electron chi connectivity index (χ1n) is 7.95. The van der Waals surface area contributed by atoms with Crippen molar-refractivity contribution in [3.8, 4) is 11.4 Å². The van der Waals surface area contributed by atoms with E-state index in [1.165, 1.54) is 6.92 Å². The quantitative estimate of drug-likeness (QED) is 0.479. The van der Waals surface area contributed by atoms with Crippen molar-refractivity contribution in [2.75, 3.05) is 5.75 Å². The van der Waals surface area contributed by atoms with E-state index in [-0.39, 0.29) is 27.4 Å². The number of rotatable bonds is 6. The second kappa shape index (κ2) is 7.79. The number of benzene rings is 1. The lowest BCUT2D eigenvalue weighted by molar-refractivity contribution is -0.114. The van der Waals surface area contributed by atoms with Crippen molar-refractivity contribution < 1.29 is 13.2 Å². The molecule has 142 valence electrons. The number of azo groups is 1. The zero-order valence-electron chi connectivity index (χ0n) is 14.9. The number of sulfone groups is 1. The maximum Gasteiger partial charge on any atom is 0.247 e. The second-order valence-electron chi connectivity index (χ2n) is 5.80. The molecule has 0 radical (unpaired) electrons. The summed E-state index contributed by atoms with van der Waals surface area (Å²) in [6.45, 7) is 10.1. The molecule has 0 fully saturated rings. The zero-order valence-corrected chi connectivity index (χ0v) is 16.5. The van der Waals surface area contributed by atoms with E-state index in [4.69, 9.17) is 6.57 Å². The van der Waals surface area contributed by atoms with Crippen LogP contribution in [0.4, 0.5) is 16.5 Å². The van der Waals surface area contributed by atoms with Crippen LogP contribution in [0.5, 0.6) is 0 Å². The van der Waals surface area contributed by atoms with E-state index in [9.17, 15) is 13.2 Å². The highest BCUT2D eigenvalue weighted by Crippen LogP contribution is 2.37. The minimum absolute atomic E-state index is 0.179. The molecule has 0 aliphatic rings. The lowest BCUT2D eigenvalue weighted by Crippen LogP contribution is -2.14. The van der Waals surface area contributed by atoms with Crippen molar-refractivity contribution in [3.63, 3.8) is 0 Å². The molecule has 11 heteroatoms. The SMILES string of the molecule is [C-]#[N+]c1c(C)nsc1N=Nc1nc(-c2ccccc2)[nH]c1S(=O)(=O)CC(C)=O. The molecule has 1 aromatic carbocycles. The Kier molecular flexibility index (Phi) is 5.43. The molecule has 0 aliphatic carbocycles. The van der Waals surface area contributed by atoms with E-state index in [2.05, 4.69) is 29.4 Å². The van der Waals surface area contributed by atoms with Gasteiger partial charge >= 0.3 is 0 Å². The number of ketones is 1. The van der Waals surface area contributed by atoms with Gasteiger partial charge in [-0.15, -0.1) is 10.2 Å². The third kappa shape index (κ3) is 4.03. The van der Waals surface area contributed by atoms with Gasteiger partial charge in [0.15, 0.2) is 10.0 Å². The number of nitrogens with zero attached hydrogens (tertiary/aromatic N) is 5.